The minimum Gasteiger partial charge on any atom is -0.493 e. The largest absolute Gasteiger partial charge is 0.493 e. The number of hydrogen-bond acceptors (Lipinski definition) is 8. The van der Waals surface area contributed by atoms with Crippen molar-refractivity contribution in [1.82, 2.24) is 9.88 Å². The molecule has 0 radical (unpaired) electrons. The van der Waals surface area contributed by atoms with Crippen molar-refractivity contribution in [3.8, 4) is 11.5 Å². The fourth-order valence-corrected chi connectivity index (χ4v) is 5.17. The van der Waals surface area contributed by atoms with E-state index in [0.29, 0.717) is 34.7 Å². The summed E-state index contributed by atoms with van der Waals surface area (Å²) in [4.78, 5) is 19.2. The molecular weight excluding hydrogens is 464 g/mol. The van der Waals surface area contributed by atoms with Crippen molar-refractivity contribution in [1.29, 1.82) is 0 Å². The molecule has 0 atom stereocenters. The number of nitrogens with two attached hydrogens (primary N) is 1. The molecule has 1 saturated heterocycles. The summed E-state index contributed by atoms with van der Waals surface area (Å²) in [5.41, 5.74) is 9.69. The Morgan fingerprint density at radius 3 is 2.71 bits per heavy atom. The minimum atomic E-state index is -0.582. The second kappa shape index (κ2) is 11.6. The van der Waals surface area contributed by atoms with Crippen LogP contribution < -0.4 is 20.5 Å². The number of aromatic nitrogens is 1. The molecule has 0 spiro atoms. The molecule has 4 rings (SSSR count). The van der Waals surface area contributed by atoms with Crippen LogP contribution in [-0.2, 0) is 6.61 Å². The zero-order chi connectivity index (χ0) is 24.8. The maximum absolute atomic E-state index is 12.2. The first-order valence-corrected chi connectivity index (χ1v) is 12.9. The lowest BCUT2D eigenvalue weighted by atomic mass is 10.1. The van der Waals surface area contributed by atoms with Gasteiger partial charge in [-0.25, -0.2) is 0 Å². The fourth-order valence-electron chi connectivity index (χ4n) is 4.19. The summed E-state index contributed by atoms with van der Waals surface area (Å²) < 4.78 is 11.7. The van der Waals surface area contributed by atoms with Gasteiger partial charge in [0.2, 0.25) is 0 Å². The average Bonchev–Trinajstić information content (AvgIpc) is 2.87. The maximum Gasteiger partial charge on any atom is 0.252 e. The van der Waals surface area contributed by atoms with E-state index in [0.717, 1.165) is 42.9 Å². The summed E-state index contributed by atoms with van der Waals surface area (Å²) in [5.74, 6) is 2.98. The number of anilines is 2. The number of aliphatic hydroxyl groups is 1. The quantitative estimate of drug-likeness (QED) is 0.365. The van der Waals surface area contributed by atoms with Crippen molar-refractivity contribution in [2.24, 2.45) is 5.73 Å². The number of pyridine rings is 1. The van der Waals surface area contributed by atoms with Crippen LogP contribution in [0.2, 0.25) is 0 Å². The number of primary amides is 1. The highest BCUT2D eigenvalue weighted by Crippen LogP contribution is 2.37. The monoisotopic (exact) mass is 496 g/mol. The average molecular weight is 497 g/mol. The van der Waals surface area contributed by atoms with Crippen molar-refractivity contribution in [3.63, 3.8) is 0 Å². The Kier molecular flexibility index (Phi) is 8.33. The predicted octanol–water partition coefficient (Wildman–Crippen LogP) is 3.70. The highest BCUT2D eigenvalue weighted by atomic mass is 32.2. The Bertz CT molecular complexity index is 1200. The zero-order valence-corrected chi connectivity index (χ0v) is 21.0. The molecule has 1 aliphatic heterocycles. The van der Waals surface area contributed by atoms with Gasteiger partial charge in [0.15, 0.2) is 11.5 Å². The third-order valence-corrected chi connectivity index (χ3v) is 7.07. The van der Waals surface area contributed by atoms with Crippen LogP contribution in [0, 0.1) is 6.92 Å². The van der Waals surface area contributed by atoms with E-state index in [1.54, 1.807) is 7.11 Å². The first-order chi connectivity index (χ1) is 17.0. The van der Waals surface area contributed by atoms with Crippen LogP contribution in [0.3, 0.4) is 0 Å². The topological polar surface area (TPSA) is 110 Å². The summed E-state index contributed by atoms with van der Waals surface area (Å²) in [5, 5.41) is 13.5. The van der Waals surface area contributed by atoms with Crippen LogP contribution >= 0.6 is 11.8 Å². The number of aliphatic hydroxyl groups excluding tert-OH is 1. The fraction of sp³-hybridized carbons (Fsp3) is 0.385. The maximum atomic E-state index is 12.2. The van der Waals surface area contributed by atoms with Crippen molar-refractivity contribution in [2.75, 3.05) is 50.2 Å². The molecule has 2 aromatic carbocycles. The number of nitrogens with one attached hydrogen (secondary N) is 1. The molecule has 1 aromatic heterocycles. The summed E-state index contributed by atoms with van der Waals surface area (Å²) in [7, 11) is 1.59. The third kappa shape index (κ3) is 5.98. The first-order valence-electron chi connectivity index (χ1n) is 11.7. The van der Waals surface area contributed by atoms with Gasteiger partial charge in [-0.05, 0) is 36.6 Å². The van der Waals surface area contributed by atoms with Gasteiger partial charge in [0, 0.05) is 54.5 Å². The number of methoxy groups -OCH3 is 1. The number of hydrogen-bond donors (Lipinski definition) is 3. The lowest BCUT2D eigenvalue weighted by Crippen LogP contribution is -2.33. The third-order valence-electron chi connectivity index (χ3n) is 6.13. The summed E-state index contributed by atoms with van der Waals surface area (Å²) in [6, 6.07) is 9.26. The van der Waals surface area contributed by atoms with Gasteiger partial charge in [-0.1, -0.05) is 12.1 Å². The Morgan fingerprint density at radius 1 is 1.23 bits per heavy atom. The van der Waals surface area contributed by atoms with E-state index in [9.17, 15) is 9.90 Å². The number of rotatable bonds is 10. The Balaban J connectivity index is 1.60. The molecule has 0 unspecified atom stereocenters. The van der Waals surface area contributed by atoms with Crippen LogP contribution in [0.15, 0.2) is 36.5 Å². The van der Waals surface area contributed by atoms with Gasteiger partial charge in [-0.3, -0.25) is 9.78 Å². The number of nitrogens with zero attached hydrogens (tertiary/aromatic N) is 2. The van der Waals surface area contributed by atoms with Crippen molar-refractivity contribution < 1.29 is 19.4 Å². The molecule has 9 heteroatoms. The number of carbonyl (C=O) groups excluding carboxylic acids is 1. The zero-order valence-electron chi connectivity index (χ0n) is 20.2. The lowest BCUT2D eigenvalue weighted by molar-refractivity contribution is 0.100. The molecule has 1 amide bonds. The van der Waals surface area contributed by atoms with Gasteiger partial charge in [-0.15, -0.1) is 0 Å². The number of carbonyl (C=O) groups is 1. The van der Waals surface area contributed by atoms with Crippen molar-refractivity contribution in [3.05, 3.63) is 53.2 Å². The SMILES string of the molecule is COc1cc2c(Nc3ccc(CO)cc3C)c(C(N)=O)cnc2cc1OCCCN1CCSCC1. The minimum absolute atomic E-state index is 0.0388. The highest BCUT2D eigenvalue weighted by molar-refractivity contribution is 7.99. The van der Waals surface area contributed by atoms with E-state index in [2.05, 4.69) is 15.2 Å². The van der Waals surface area contributed by atoms with Gasteiger partial charge >= 0.3 is 0 Å². The second-order valence-electron chi connectivity index (χ2n) is 8.52. The van der Waals surface area contributed by atoms with E-state index < -0.39 is 5.91 Å². The number of amides is 1. The molecule has 1 aliphatic rings. The molecule has 2 heterocycles. The summed E-state index contributed by atoms with van der Waals surface area (Å²) in [6.07, 6.45) is 2.41. The van der Waals surface area contributed by atoms with Crippen LogP contribution in [-0.4, -0.2) is 65.8 Å². The first kappa shape index (κ1) is 25.1. The molecule has 4 N–H and O–H groups in total. The van der Waals surface area contributed by atoms with Crippen molar-refractivity contribution >= 4 is 39.9 Å². The molecule has 0 aliphatic carbocycles. The Labute approximate surface area is 209 Å². The van der Waals surface area contributed by atoms with Gasteiger partial charge in [0.05, 0.1) is 37.1 Å². The molecule has 35 heavy (non-hydrogen) atoms. The van der Waals surface area contributed by atoms with Crippen molar-refractivity contribution in [2.45, 2.75) is 20.0 Å². The van der Waals surface area contributed by atoms with Gasteiger partial charge < -0.3 is 30.5 Å². The summed E-state index contributed by atoms with van der Waals surface area (Å²) >= 11 is 2.01. The van der Waals surface area contributed by atoms with E-state index in [1.165, 1.54) is 17.7 Å². The number of thioether (sulfide) groups is 1. The van der Waals surface area contributed by atoms with E-state index in [1.807, 2.05) is 49.0 Å². The van der Waals surface area contributed by atoms with Crippen LogP contribution in [0.5, 0.6) is 11.5 Å². The molecule has 0 saturated carbocycles. The molecule has 0 bridgehead atoms. The molecule has 1 fully saturated rings. The number of fused-ring (bicyclic) bond motifs is 1. The Hall–Kier alpha value is -3.01. The van der Waals surface area contributed by atoms with E-state index >= 15 is 0 Å². The molecule has 8 nitrogen and oxygen atoms in total. The predicted molar refractivity (Wildman–Crippen MR) is 141 cm³/mol. The second-order valence-corrected chi connectivity index (χ2v) is 9.74. The van der Waals surface area contributed by atoms with Gasteiger partial charge in [-0.2, -0.15) is 11.8 Å². The number of benzene rings is 2. The van der Waals surface area contributed by atoms with Crippen LogP contribution in [0.1, 0.15) is 27.9 Å². The highest BCUT2D eigenvalue weighted by Gasteiger charge is 2.18. The lowest BCUT2D eigenvalue weighted by Gasteiger charge is -2.26. The number of ether oxygens (including phenoxy) is 2. The van der Waals surface area contributed by atoms with Gasteiger partial charge in [0.1, 0.15) is 0 Å². The standard InChI is InChI=1S/C26H32N4O4S/c1-17-12-18(16-31)4-5-21(17)29-25-19-13-23(33-2)24(14-22(19)28-15-20(25)26(27)32)34-9-3-6-30-7-10-35-11-8-30/h4-5,12-15,31H,3,6-11,16H2,1-2H3,(H2,27,32)(H,28,29). The van der Waals surface area contributed by atoms with Crippen LogP contribution in [0.25, 0.3) is 10.9 Å². The number of aryl methyl sites for hydroxylation is 1. The van der Waals surface area contributed by atoms with Gasteiger partial charge in [0.25, 0.3) is 5.91 Å². The normalized spacial score (nSPS) is 14.1. The smallest absolute Gasteiger partial charge is 0.252 e. The van der Waals surface area contributed by atoms with E-state index in [-0.39, 0.29) is 12.2 Å². The molecular formula is C26H32N4O4S. The summed E-state index contributed by atoms with van der Waals surface area (Å²) in [6.45, 7) is 5.75. The van der Waals surface area contributed by atoms with Crippen LogP contribution in [0.4, 0.5) is 11.4 Å². The van der Waals surface area contributed by atoms with E-state index in [4.69, 9.17) is 15.2 Å². The Morgan fingerprint density at radius 2 is 2.03 bits per heavy atom. The molecule has 186 valence electrons. The molecule has 3 aromatic rings.